The van der Waals surface area contributed by atoms with Crippen LogP contribution in [0.4, 0.5) is 0 Å². The summed E-state index contributed by atoms with van der Waals surface area (Å²) < 4.78 is 27.6. The van der Waals surface area contributed by atoms with E-state index in [4.69, 9.17) is 0 Å². The molecule has 4 rings (SSSR count). The first-order valence-corrected chi connectivity index (χ1v) is 11.6. The molecule has 2 heterocycles. The maximum Gasteiger partial charge on any atom is 0.253 e. The van der Waals surface area contributed by atoms with Crippen molar-refractivity contribution in [1.29, 1.82) is 0 Å². The van der Waals surface area contributed by atoms with Crippen LogP contribution in [0.15, 0.2) is 29.2 Å². The summed E-state index contributed by atoms with van der Waals surface area (Å²) in [6, 6.07) is 7.33. The highest BCUT2D eigenvalue weighted by Crippen LogP contribution is 2.28. The number of carbonyl (C=O) groups excluding carboxylic acids is 1. The van der Waals surface area contributed by atoms with Gasteiger partial charge < -0.3 is 4.90 Å². The molecule has 1 aliphatic carbocycles. The number of hydrogen-bond acceptors (Lipinski definition) is 4. The van der Waals surface area contributed by atoms with Crippen molar-refractivity contribution in [3.05, 3.63) is 29.8 Å². The molecular formula is C20H29N3O3S. The lowest BCUT2D eigenvalue weighted by Crippen LogP contribution is -2.49. The van der Waals surface area contributed by atoms with E-state index < -0.39 is 10.0 Å². The number of sulfonamides is 1. The molecule has 0 spiro atoms. The Morgan fingerprint density at radius 2 is 1.56 bits per heavy atom. The van der Waals surface area contributed by atoms with Crippen LogP contribution in [0.2, 0.25) is 0 Å². The smallest absolute Gasteiger partial charge is 0.253 e. The van der Waals surface area contributed by atoms with E-state index in [9.17, 15) is 13.2 Å². The van der Waals surface area contributed by atoms with Crippen molar-refractivity contribution in [3.8, 4) is 0 Å². The summed E-state index contributed by atoms with van der Waals surface area (Å²) in [4.78, 5) is 17.5. The molecule has 1 aromatic carbocycles. The molecule has 1 aromatic rings. The molecule has 7 heteroatoms. The summed E-state index contributed by atoms with van der Waals surface area (Å²) in [6.45, 7) is 4.43. The molecule has 1 saturated carbocycles. The van der Waals surface area contributed by atoms with Crippen LogP contribution in [-0.4, -0.2) is 73.7 Å². The quantitative estimate of drug-likeness (QED) is 0.789. The number of amides is 1. The van der Waals surface area contributed by atoms with Crippen LogP contribution in [-0.2, 0) is 10.0 Å². The van der Waals surface area contributed by atoms with E-state index in [1.807, 2.05) is 4.90 Å². The van der Waals surface area contributed by atoms with Gasteiger partial charge in [0.15, 0.2) is 0 Å². The highest BCUT2D eigenvalue weighted by molar-refractivity contribution is 7.89. The normalized spacial score (nSPS) is 23.2. The summed E-state index contributed by atoms with van der Waals surface area (Å²) in [7, 11) is -3.53. The van der Waals surface area contributed by atoms with E-state index >= 15 is 0 Å². The van der Waals surface area contributed by atoms with Gasteiger partial charge in [0.1, 0.15) is 0 Å². The van der Waals surface area contributed by atoms with Gasteiger partial charge >= 0.3 is 0 Å². The molecule has 1 amide bonds. The van der Waals surface area contributed by atoms with Crippen LogP contribution in [0.25, 0.3) is 0 Å². The minimum Gasteiger partial charge on any atom is -0.336 e. The Labute approximate surface area is 162 Å². The molecule has 0 aromatic heterocycles. The lowest BCUT2D eigenvalue weighted by atomic mass is 10.2. The van der Waals surface area contributed by atoms with E-state index in [2.05, 4.69) is 4.90 Å². The second-order valence-corrected chi connectivity index (χ2v) is 9.84. The maximum atomic E-state index is 13.0. The number of piperazine rings is 1. The molecule has 0 radical (unpaired) electrons. The number of rotatable bonds is 4. The summed E-state index contributed by atoms with van der Waals surface area (Å²) >= 11 is 0. The van der Waals surface area contributed by atoms with E-state index in [1.54, 1.807) is 28.6 Å². The van der Waals surface area contributed by atoms with Gasteiger partial charge in [-0.25, -0.2) is 8.42 Å². The summed E-state index contributed by atoms with van der Waals surface area (Å²) in [5.41, 5.74) is 0.478. The van der Waals surface area contributed by atoms with Crippen LogP contribution in [0, 0.1) is 0 Å². The Hall–Kier alpha value is -1.44. The number of hydrogen-bond donors (Lipinski definition) is 0. The van der Waals surface area contributed by atoms with Gasteiger partial charge in [0.05, 0.1) is 4.90 Å². The van der Waals surface area contributed by atoms with E-state index in [0.29, 0.717) is 18.7 Å². The van der Waals surface area contributed by atoms with Crippen molar-refractivity contribution >= 4 is 15.9 Å². The standard InChI is InChI=1S/C20H29N3O3S/c24-20(22-14-12-21(13-15-22)18-8-9-18)17-6-5-7-19(16-17)27(25,26)23-10-3-1-2-4-11-23/h5-7,16,18H,1-4,8-15H2. The van der Waals surface area contributed by atoms with Gasteiger partial charge in [-0.3, -0.25) is 9.69 Å². The zero-order chi connectivity index (χ0) is 18.9. The number of nitrogens with zero attached hydrogens (tertiary/aromatic N) is 3. The Kier molecular flexibility index (Phi) is 5.53. The topological polar surface area (TPSA) is 60.9 Å². The third-order valence-corrected chi connectivity index (χ3v) is 7.84. The Bertz CT molecular complexity index is 775. The van der Waals surface area contributed by atoms with Crippen molar-refractivity contribution in [1.82, 2.24) is 14.1 Å². The summed E-state index contributed by atoms with van der Waals surface area (Å²) in [5.74, 6) is -0.0571. The second kappa shape index (κ2) is 7.89. The van der Waals surface area contributed by atoms with Crippen molar-refractivity contribution in [2.45, 2.75) is 49.5 Å². The average Bonchev–Trinajstić information content (AvgIpc) is 3.54. The van der Waals surface area contributed by atoms with E-state index in [1.165, 1.54) is 12.8 Å². The van der Waals surface area contributed by atoms with Gasteiger partial charge in [-0.15, -0.1) is 0 Å². The first-order valence-electron chi connectivity index (χ1n) is 10.2. The van der Waals surface area contributed by atoms with Crippen molar-refractivity contribution in [2.75, 3.05) is 39.3 Å². The molecule has 6 nitrogen and oxygen atoms in total. The van der Waals surface area contributed by atoms with Crippen molar-refractivity contribution in [2.24, 2.45) is 0 Å². The summed E-state index contributed by atoms with van der Waals surface area (Å²) in [6.07, 6.45) is 6.54. The van der Waals surface area contributed by atoms with Crippen LogP contribution in [0.3, 0.4) is 0 Å². The molecule has 0 N–H and O–H groups in total. The fourth-order valence-electron chi connectivity index (χ4n) is 4.13. The minimum atomic E-state index is -3.53. The lowest BCUT2D eigenvalue weighted by molar-refractivity contribution is 0.0627. The Morgan fingerprint density at radius 3 is 2.19 bits per heavy atom. The van der Waals surface area contributed by atoms with Crippen LogP contribution in [0.1, 0.15) is 48.9 Å². The van der Waals surface area contributed by atoms with Crippen LogP contribution < -0.4 is 0 Å². The first-order chi connectivity index (χ1) is 13.1. The molecule has 0 unspecified atom stereocenters. The molecule has 27 heavy (non-hydrogen) atoms. The van der Waals surface area contributed by atoms with Gasteiger partial charge in [0, 0.05) is 50.9 Å². The second-order valence-electron chi connectivity index (χ2n) is 7.91. The molecule has 0 atom stereocenters. The fraction of sp³-hybridized carbons (Fsp3) is 0.650. The van der Waals surface area contributed by atoms with Crippen LogP contribution in [0.5, 0.6) is 0 Å². The van der Waals surface area contributed by atoms with Crippen molar-refractivity contribution < 1.29 is 13.2 Å². The zero-order valence-electron chi connectivity index (χ0n) is 15.8. The van der Waals surface area contributed by atoms with Gasteiger partial charge in [-0.05, 0) is 43.9 Å². The average molecular weight is 392 g/mol. The third kappa shape index (κ3) is 4.20. The van der Waals surface area contributed by atoms with Gasteiger partial charge in [0.25, 0.3) is 5.91 Å². The third-order valence-electron chi connectivity index (χ3n) is 5.95. The maximum absolute atomic E-state index is 13.0. The van der Waals surface area contributed by atoms with Gasteiger partial charge in [0.2, 0.25) is 10.0 Å². The molecule has 3 fully saturated rings. The largest absolute Gasteiger partial charge is 0.336 e. The molecule has 0 bridgehead atoms. The lowest BCUT2D eigenvalue weighted by Gasteiger charge is -2.35. The number of carbonyl (C=O) groups is 1. The van der Waals surface area contributed by atoms with E-state index in [0.717, 1.165) is 57.9 Å². The molecule has 2 saturated heterocycles. The predicted molar refractivity (Wildman–Crippen MR) is 104 cm³/mol. The molecular weight excluding hydrogens is 362 g/mol. The Morgan fingerprint density at radius 1 is 0.889 bits per heavy atom. The van der Waals surface area contributed by atoms with Crippen molar-refractivity contribution in [3.63, 3.8) is 0 Å². The molecule has 3 aliphatic rings. The number of benzene rings is 1. The molecule has 148 valence electrons. The van der Waals surface area contributed by atoms with Crippen LogP contribution >= 0.6 is 0 Å². The molecule has 2 aliphatic heterocycles. The highest BCUT2D eigenvalue weighted by Gasteiger charge is 2.33. The van der Waals surface area contributed by atoms with E-state index in [-0.39, 0.29) is 10.8 Å². The summed E-state index contributed by atoms with van der Waals surface area (Å²) in [5, 5.41) is 0. The zero-order valence-corrected chi connectivity index (χ0v) is 16.7. The predicted octanol–water partition coefficient (Wildman–Crippen LogP) is 2.17. The fourth-order valence-corrected chi connectivity index (χ4v) is 5.70. The first kappa shape index (κ1) is 18.9. The highest BCUT2D eigenvalue weighted by atomic mass is 32.2. The van der Waals surface area contributed by atoms with Gasteiger partial charge in [-0.2, -0.15) is 4.31 Å². The monoisotopic (exact) mass is 391 g/mol. The Balaban J connectivity index is 1.47. The SMILES string of the molecule is O=C(c1cccc(S(=O)(=O)N2CCCCCC2)c1)N1CCN(C2CC2)CC1. The van der Waals surface area contributed by atoms with Gasteiger partial charge in [-0.1, -0.05) is 18.9 Å². The minimum absolute atomic E-state index is 0.0571.